The molecule has 6 nitrogen and oxygen atoms in total. The molecular formula is C16H21N3O3S2. The van der Waals surface area contributed by atoms with Gasteiger partial charge in [0.05, 0.1) is 19.5 Å². The largest absolute Gasteiger partial charge is 0.497 e. The van der Waals surface area contributed by atoms with Crippen LogP contribution < -0.4 is 4.74 Å². The van der Waals surface area contributed by atoms with Crippen molar-refractivity contribution in [1.82, 2.24) is 15.1 Å². The molecule has 0 saturated heterocycles. The van der Waals surface area contributed by atoms with E-state index in [9.17, 15) is 4.79 Å². The zero-order valence-electron chi connectivity index (χ0n) is 14.0. The lowest BCUT2D eigenvalue weighted by molar-refractivity contribution is -0.129. The van der Waals surface area contributed by atoms with Crippen LogP contribution in [0.15, 0.2) is 28.6 Å². The van der Waals surface area contributed by atoms with E-state index in [1.807, 2.05) is 31.2 Å². The fourth-order valence-electron chi connectivity index (χ4n) is 2.04. The average Bonchev–Trinajstić information content (AvgIpc) is 3.02. The predicted octanol–water partition coefficient (Wildman–Crippen LogP) is 2.62. The Bertz CT molecular complexity index is 664. The summed E-state index contributed by atoms with van der Waals surface area (Å²) < 4.78 is 11.2. The van der Waals surface area contributed by atoms with E-state index in [0.717, 1.165) is 20.7 Å². The van der Waals surface area contributed by atoms with Crippen LogP contribution in [0.3, 0.4) is 0 Å². The first kappa shape index (κ1) is 18.7. The van der Waals surface area contributed by atoms with Gasteiger partial charge in [-0.2, -0.15) is 0 Å². The van der Waals surface area contributed by atoms with Gasteiger partial charge in [0, 0.05) is 20.2 Å². The second-order valence-corrected chi connectivity index (χ2v) is 7.44. The first-order valence-electron chi connectivity index (χ1n) is 7.45. The number of carbonyl (C=O) groups excluding carboxylic acids is 1. The van der Waals surface area contributed by atoms with Crippen LogP contribution in [0.2, 0.25) is 0 Å². The van der Waals surface area contributed by atoms with Crippen molar-refractivity contribution in [2.24, 2.45) is 0 Å². The molecular weight excluding hydrogens is 346 g/mol. The normalized spacial score (nSPS) is 10.6. The van der Waals surface area contributed by atoms with Gasteiger partial charge in [0.25, 0.3) is 0 Å². The number of hydrogen-bond acceptors (Lipinski definition) is 7. The number of aromatic nitrogens is 2. The first-order valence-corrected chi connectivity index (χ1v) is 9.25. The number of methoxy groups -OCH3 is 2. The molecule has 8 heteroatoms. The zero-order valence-corrected chi connectivity index (χ0v) is 15.7. The van der Waals surface area contributed by atoms with E-state index >= 15 is 0 Å². The highest BCUT2D eigenvalue weighted by Gasteiger charge is 2.15. The molecule has 0 N–H and O–H groups in total. The third kappa shape index (κ3) is 5.77. The van der Waals surface area contributed by atoms with Crippen LogP contribution >= 0.6 is 23.1 Å². The molecule has 1 heterocycles. The average molecular weight is 367 g/mol. The van der Waals surface area contributed by atoms with Crippen LogP contribution in [0.1, 0.15) is 10.6 Å². The van der Waals surface area contributed by atoms with E-state index in [-0.39, 0.29) is 5.91 Å². The summed E-state index contributed by atoms with van der Waals surface area (Å²) in [5.41, 5.74) is 1.02. The minimum Gasteiger partial charge on any atom is -0.497 e. The second kappa shape index (κ2) is 9.61. The highest BCUT2D eigenvalue weighted by molar-refractivity contribution is 8.01. The van der Waals surface area contributed by atoms with Crippen molar-refractivity contribution in [3.8, 4) is 5.75 Å². The standard InChI is InChI=1S/C16H21N3O3S2/c1-12-17-18-16(24-12)23-11-15(20)19(7-8-21-2)10-13-5-4-6-14(9-13)22-3/h4-6,9H,7-8,10-11H2,1-3H3. The third-order valence-electron chi connectivity index (χ3n) is 3.25. The quantitative estimate of drug-likeness (QED) is 0.635. The number of ether oxygens (including phenoxy) is 2. The van der Waals surface area contributed by atoms with Gasteiger partial charge in [-0.1, -0.05) is 35.2 Å². The van der Waals surface area contributed by atoms with Crippen LogP contribution in [-0.4, -0.2) is 54.1 Å². The summed E-state index contributed by atoms with van der Waals surface area (Å²) in [7, 11) is 3.26. The number of thioether (sulfide) groups is 1. The first-order chi connectivity index (χ1) is 11.6. The van der Waals surface area contributed by atoms with Gasteiger partial charge in [0.1, 0.15) is 10.8 Å². The molecule has 0 atom stereocenters. The van der Waals surface area contributed by atoms with Crippen LogP contribution in [-0.2, 0) is 16.1 Å². The van der Waals surface area contributed by atoms with E-state index < -0.39 is 0 Å². The number of rotatable bonds is 9. The van der Waals surface area contributed by atoms with Crippen molar-refractivity contribution < 1.29 is 14.3 Å². The second-order valence-electron chi connectivity index (χ2n) is 5.04. The Kier molecular flexibility index (Phi) is 7.48. The lowest BCUT2D eigenvalue weighted by Gasteiger charge is -2.22. The molecule has 130 valence electrons. The maximum absolute atomic E-state index is 12.6. The SMILES string of the molecule is COCCN(Cc1cccc(OC)c1)C(=O)CSc1nnc(C)s1. The van der Waals surface area contributed by atoms with E-state index in [4.69, 9.17) is 9.47 Å². The minimum absolute atomic E-state index is 0.0488. The minimum atomic E-state index is 0.0488. The Morgan fingerprint density at radius 3 is 2.83 bits per heavy atom. The smallest absolute Gasteiger partial charge is 0.233 e. The molecule has 0 bridgehead atoms. The molecule has 0 saturated carbocycles. The highest BCUT2D eigenvalue weighted by atomic mass is 32.2. The molecule has 0 unspecified atom stereocenters. The number of benzene rings is 1. The highest BCUT2D eigenvalue weighted by Crippen LogP contribution is 2.22. The zero-order chi connectivity index (χ0) is 17.4. The Labute approximate surface area is 150 Å². The molecule has 0 aliphatic heterocycles. The molecule has 1 aromatic heterocycles. The number of amides is 1. The Hall–Kier alpha value is -1.64. The molecule has 2 aromatic rings. The fourth-order valence-corrected chi connectivity index (χ4v) is 3.75. The van der Waals surface area contributed by atoms with Gasteiger partial charge in [-0.25, -0.2) is 0 Å². The molecule has 1 aromatic carbocycles. The molecule has 0 aliphatic carbocycles. The van der Waals surface area contributed by atoms with Crippen molar-refractivity contribution in [3.05, 3.63) is 34.8 Å². The summed E-state index contributed by atoms with van der Waals surface area (Å²) in [6, 6.07) is 7.73. The Morgan fingerprint density at radius 1 is 1.33 bits per heavy atom. The summed E-state index contributed by atoms with van der Waals surface area (Å²) in [5, 5.41) is 8.90. The van der Waals surface area contributed by atoms with Gasteiger partial charge >= 0.3 is 0 Å². The summed E-state index contributed by atoms with van der Waals surface area (Å²) in [5.74, 6) is 1.17. The molecule has 0 fully saturated rings. The van der Waals surface area contributed by atoms with Crippen molar-refractivity contribution in [2.75, 3.05) is 33.1 Å². The van der Waals surface area contributed by atoms with Gasteiger partial charge in [0.2, 0.25) is 5.91 Å². The number of nitrogens with zero attached hydrogens (tertiary/aromatic N) is 3. The lowest BCUT2D eigenvalue weighted by Crippen LogP contribution is -2.34. The monoisotopic (exact) mass is 367 g/mol. The molecule has 0 spiro atoms. The van der Waals surface area contributed by atoms with E-state index in [1.165, 1.54) is 23.1 Å². The van der Waals surface area contributed by atoms with Gasteiger partial charge in [-0.15, -0.1) is 10.2 Å². The summed E-state index contributed by atoms with van der Waals surface area (Å²) in [6.45, 7) is 3.47. The number of hydrogen-bond donors (Lipinski definition) is 0. The molecule has 2 rings (SSSR count). The van der Waals surface area contributed by atoms with Crippen LogP contribution in [0, 0.1) is 6.92 Å². The Morgan fingerprint density at radius 2 is 2.17 bits per heavy atom. The predicted molar refractivity (Wildman–Crippen MR) is 95.7 cm³/mol. The summed E-state index contributed by atoms with van der Waals surface area (Å²) in [6.07, 6.45) is 0. The maximum atomic E-state index is 12.6. The van der Waals surface area contributed by atoms with Crippen LogP contribution in [0.5, 0.6) is 5.75 Å². The van der Waals surface area contributed by atoms with Crippen molar-refractivity contribution in [3.63, 3.8) is 0 Å². The molecule has 0 radical (unpaired) electrons. The number of aryl methyl sites for hydroxylation is 1. The van der Waals surface area contributed by atoms with Gasteiger partial charge in [0.15, 0.2) is 4.34 Å². The molecule has 0 aliphatic rings. The summed E-state index contributed by atoms with van der Waals surface area (Å²) in [4.78, 5) is 14.4. The van der Waals surface area contributed by atoms with Gasteiger partial charge in [-0.3, -0.25) is 4.79 Å². The van der Waals surface area contributed by atoms with E-state index in [0.29, 0.717) is 25.4 Å². The topological polar surface area (TPSA) is 64.6 Å². The van der Waals surface area contributed by atoms with E-state index in [2.05, 4.69) is 10.2 Å². The lowest BCUT2D eigenvalue weighted by atomic mass is 10.2. The van der Waals surface area contributed by atoms with Crippen molar-refractivity contribution in [1.29, 1.82) is 0 Å². The van der Waals surface area contributed by atoms with Gasteiger partial charge in [-0.05, 0) is 24.6 Å². The van der Waals surface area contributed by atoms with Crippen molar-refractivity contribution in [2.45, 2.75) is 17.8 Å². The van der Waals surface area contributed by atoms with Crippen molar-refractivity contribution >= 4 is 29.0 Å². The molecule has 24 heavy (non-hydrogen) atoms. The Balaban J connectivity index is 1.98. The van der Waals surface area contributed by atoms with Crippen LogP contribution in [0.25, 0.3) is 0 Å². The fraction of sp³-hybridized carbons (Fsp3) is 0.438. The van der Waals surface area contributed by atoms with Gasteiger partial charge < -0.3 is 14.4 Å². The third-order valence-corrected chi connectivity index (χ3v) is 5.21. The van der Waals surface area contributed by atoms with E-state index in [1.54, 1.807) is 19.1 Å². The summed E-state index contributed by atoms with van der Waals surface area (Å²) >= 11 is 2.91. The molecule has 1 amide bonds. The maximum Gasteiger partial charge on any atom is 0.233 e. The van der Waals surface area contributed by atoms with Crippen LogP contribution in [0.4, 0.5) is 0 Å². The number of carbonyl (C=O) groups is 1.